The minimum absolute atomic E-state index is 0.220. The molecule has 0 aliphatic rings. The molecule has 0 atom stereocenters. The average Bonchev–Trinajstić information content (AvgIpc) is 2.23. The molecular weight excluding hydrogens is 216 g/mol. The first kappa shape index (κ1) is 11.4. The number of aromatic nitrogens is 2. The lowest BCUT2D eigenvalue weighted by Crippen LogP contribution is -2.12. The molecule has 4 heteroatoms. The van der Waals surface area contributed by atoms with Crippen molar-refractivity contribution in [1.82, 2.24) is 9.97 Å². The monoisotopic (exact) mass is 230 g/mol. The molecule has 2 aromatic rings. The first-order valence-electron chi connectivity index (χ1n) is 5.36. The zero-order valence-corrected chi connectivity index (χ0v) is 10.0. The first-order chi connectivity index (χ1) is 7.97. The highest BCUT2D eigenvalue weighted by molar-refractivity contribution is 5.58. The number of H-pyrrole nitrogens is 1. The number of nitrogens with one attached hydrogen (secondary N) is 1. The van der Waals surface area contributed by atoms with E-state index in [4.69, 9.17) is 0 Å². The number of aromatic hydroxyl groups is 1. The minimum Gasteiger partial charge on any atom is -0.493 e. The third kappa shape index (κ3) is 2.20. The van der Waals surface area contributed by atoms with Crippen LogP contribution in [0.4, 0.5) is 0 Å². The van der Waals surface area contributed by atoms with Crippen LogP contribution in [0.1, 0.15) is 16.7 Å². The number of hydrogen-bond acceptors (Lipinski definition) is 3. The van der Waals surface area contributed by atoms with Gasteiger partial charge < -0.3 is 10.1 Å². The van der Waals surface area contributed by atoms with E-state index in [1.54, 1.807) is 0 Å². The number of nitrogens with zero attached hydrogens (tertiary/aromatic N) is 1. The predicted molar refractivity (Wildman–Crippen MR) is 66.2 cm³/mol. The summed E-state index contributed by atoms with van der Waals surface area (Å²) in [6, 6.07) is 5.87. The molecule has 17 heavy (non-hydrogen) atoms. The molecule has 2 rings (SSSR count). The number of aryl methyl sites for hydroxylation is 2. The van der Waals surface area contributed by atoms with Crippen molar-refractivity contribution < 1.29 is 5.11 Å². The van der Waals surface area contributed by atoms with E-state index in [1.807, 2.05) is 32.0 Å². The van der Waals surface area contributed by atoms with Crippen molar-refractivity contribution in [2.75, 3.05) is 0 Å². The summed E-state index contributed by atoms with van der Waals surface area (Å²) in [5.41, 5.74) is 2.89. The van der Waals surface area contributed by atoms with Gasteiger partial charge in [-0.3, -0.25) is 4.79 Å². The molecule has 0 radical (unpaired) electrons. The molecule has 0 aliphatic heterocycles. The Hall–Kier alpha value is -2.10. The van der Waals surface area contributed by atoms with Crippen molar-refractivity contribution in [3.63, 3.8) is 0 Å². The van der Waals surface area contributed by atoms with Gasteiger partial charge in [0.1, 0.15) is 5.82 Å². The van der Waals surface area contributed by atoms with Crippen LogP contribution in [-0.4, -0.2) is 15.1 Å². The van der Waals surface area contributed by atoms with Gasteiger partial charge in [0.05, 0.1) is 5.56 Å². The minimum atomic E-state index is -0.313. The smallest absolute Gasteiger partial charge is 0.257 e. The van der Waals surface area contributed by atoms with E-state index in [-0.39, 0.29) is 17.0 Å². The number of benzene rings is 1. The van der Waals surface area contributed by atoms with Crippen molar-refractivity contribution in [1.29, 1.82) is 0 Å². The van der Waals surface area contributed by atoms with Crippen molar-refractivity contribution in [3.8, 4) is 17.3 Å². The van der Waals surface area contributed by atoms with Crippen LogP contribution in [0.15, 0.2) is 23.0 Å². The molecule has 0 aliphatic carbocycles. The highest BCUT2D eigenvalue weighted by atomic mass is 16.3. The molecule has 88 valence electrons. The Morgan fingerprint density at radius 2 is 1.71 bits per heavy atom. The van der Waals surface area contributed by atoms with Gasteiger partial charge in [0.2, 0.25) is 5.88 Å². The van der Waals surface area contributed by atoms with Crippen molar-refractivity contribution in [2.24, 2.45) is 0 Å². The topological polar surface area (TPSA) is 66.0 Å². The summed E-state index contributed by atoms with van der Waals surface area (Å²) in [6.45, 7) is 5.48. The lowest BCUT2D eigenvalue weighted by Gasteiger charge is -2.05. The zero-order chi connectivity index (χ0) is 12.6. The predicted octanol–water partition coefficient (Wildman–Crippen LogP) is 2.07. The van der Waals surface area contributed by atoms with E-state index in [0.717, 1.165) is 16.7 Å². The highest BCUT2D eigenvalue weighted by Gasteiger charge is 2.08. The van der Waals surface area contributed by atoms with Gasteiger partial charge in [-0.2, -0.15) is 4.98 Å². The molecule has 0 unspecified atom stereocenters. The van der Waals surface area contributed by atoms with Gasteiger partial charge >= 0.3 is 0 Å². The third-order valence-electron chi connectivity index (χ3n) is 2.62. The first-order valence-corrected chi connectivity index (χ1v) is 5.36. The van der Waals surface area contributed by atoms with Crippen LogP contribution >= 0.6 is 0 Å². The lowest BCUT2D eigenvalue weighted by atomic mass is 10.1. The Kier molecular flexibility index (Phi) is 2.71. The van der Waals surface area contributed by atoms with Gasteiger partial charge in [-0.25, -0.2) is 0 Å². The molecule has 0 saturated heterocycles. The second-order valence-electron chi connectivity index (χ2n) is 4.24. The molecule has 0 spiro atoms. The summed E-state index contributed by atoms with van der Waals surface area (Å²) < 4.78 is 0. The molecule has 1 aromatic heterocycles. The van der Waals surface area contributed by atoms with Crippen LogP contribution in [0, 0.1) is 20.8 Å². The van der Waals surface area contributed by atoms with Gasteiger partial charge in [-0.1, -0.05) is 17.2 Å². The van der Waals surface area contributed by atoms with Crippen molar-refractivity contribution >= 4 is 0 Å². The fourth-order valence-electron chi connectivity index (χ4n) is 1.77. The second-order valence-corrected chi connectivity index (χ2v) is 4.24. The Morgan fingerprint density at radius 1 is 1.12 bits per heavy atom. The molecule has 0 bridgehead atoms. The van der Waals surface area contributed by atoms with E-state index in [2.05, 4.69) is 9.97 Å². The van der Waals surface area contributed by atoms with E-state index in [9.17, 15) is 9.90 Å². The molecule has 1 heterocycles. The molecular formula is C13H14N2O2. The van der Waals surface area contributed by atoms with Crippen LogP contribution in [0.5, 0.6) is 5.88 Å². The summed E-state index contributed by atoms with van der Waals surface area (Å²) in [6.07, 6.45) is 0. The fraction of sp³-hybridized carbons (Fsp3) is 0.231. The largest absolute Gasteiger partial charge is 0.493 e. The maximum atomic E-state index is 11.5. The highest BCUT2D eigenvalue weighted by Crippen LogP contribution is 2.20. The van der Waals surface area contributed by atoms with Gasteiger partial charge in [0.25, 0.3) is 5.56 Å². The van der Waals surface area contributed by atoms with Gasteiger partial charge in [-0.15, -0.1) is 0 Å². The van der Waals surface area contributed by atoms with E-state index in [1.165, 1.54) is 6.92 Å². The number of rotatable bonds is 1. The van der Waals surface area contributed by atoms with Crippen LogP contribution in [-0.2, 0) is 0 Å². The summed E-state index contributed by atoms with van der Waals surface area (Å²) >= 11 is 0. The molecule has 0 saturated carbocycles. The van der Waals surface area contributed by atoms with E-state index >= 15 is 0 Å². The average molecular weight is 230 g/mol. The Bertz CT molecular complexity index is 610. The normalized spacial score (nSPS) is 10.5. The van der Waals surface area contributed by atoms with Crippen LogP contribution in [0.25, 0.3) is 11.4 Å². The van der Waals surface area contributed by atoms with Gasteiger partial charge in [0.15, 0.2) is 0 Å². The molecule has 2 N–H and O–H groups in total. The lowest BCUT2D eigenvalue weighted by molar-refractivity contribution is 0.447. The molecule has 4 nitrogen and oxygen atoms in total. The van der Waals surface area contributed by atoms with Crippen LogP contribution in [0.3, 0.4) is 0 Å². The van der Waals surface area contributed by atoms with Crippen LogP contribution in [0.2, 0.25) is 0 Å². The van der Waals surface area contributed by atoms with Crippen molar-refractivity contribution in [2.45, 2.75) is 20.8 Å². The summed E-state index contributed by atoms with van der Waals surface area (Å²) in [4.78, 5) is 18.2. The summed E-state index contributed by atoms with van der Waals surface area (Å²) in [7, 11) is 0. The van der Waals surface area contributed by atoms with E-state index in [0.29, 0.717) is 5.82 Å². The molecule has 1 aromatic carbocycles. The molecule has 0 fully saturated rings. The maximum Gasteiger partial charge on any atom is 0.257 e. The zero-order valence-electron chi connectivity index (χ0n) is 10.0. The number of aromatic amines is 1. The van der Waals surface area contributed by atoms with Crippen LogP contribution < -0.4 is 5.56 Å². The summed E-state index contributed by atoms with van der Waals surface area (Å²) in [5.74, 6) is 0.174. The Labute approximate surface area is 99.0 Å². The van der Waals surface area contributed by atoms with Crippen molar-refractivity contribution in [3.05, 3.63) is 45.2 Å². The molecule has 0 amide bonds. The summed E-state index contributed by atoms with van der Waals surface area (Å²) in [5, 5.41) is 9.55. The standard InChI is InChI=1S/C13H14N2O2/c1-7-4-8(2)6-10(5-7)11-14-12(16)9(3)13(17)15-11/h4-6H,1-3H3,(H2,14,15,16,17). The SMILES string of the molecule is Cc1cc(C)cc(-c2nc(O)c(C)c(=O)[nH]2)c1. The second kappa shape index (κ2) is 4.05. The fourth-order valence-corrected chi connectivity index (χ4v) is 1.77. The maximum absolute atomic E-state index is 11.5. The van der Waals surface area contributed by atoms with E-state index < -0.39 is 0 Å². The Morgan fingerprint density at radius 3 is 2.24 bits per heavy atom. The third-order valence-corrected chi connectivity index (χ3v) is 2.62. The van der Waals surface area contributed by atoms with Gasteiger partial charge in [0, 0.05) is 5.56 Å². The Balaban J connectivity index is 2.65. The number of hydrogen-bond donors (Lipinski definition) is 2. The quantitative estimate of drug-likeness (QED) is 0.788. The van der Waals surface area contributed by atoms with Gasteiger partial charge in [-0.05, 0) is 32.9 Å².